The van der Waals surface area contributed by atoms with Crippen molar-refractivity contribution in [3.05, 3.63) is 54.8 Å². The number of benzene rings is 1. The zero-order valence-corrected chi connectivity index (χ0v) is 12.0. The highest BCUT2D eigenvalue weighted by atomic mass is 127. The van der Waals surface area contributed by atoms with E-state index in [0.29, 0.717) is 5.56 Å². The molecule has 2 rings (SSSR count). The third-order valence-corrected chi connectivity index (χ3v) is 4.38. The van der Waals surface area contributed by atoms with Crippen molar-refractivity contribution in [2.45, 2.75) is 13.0 Å². The van der Waals surface area contributed by atoms with E-state index in [4.69, 9.17) is 5.73 Å². The van der Waals surface area contributed by atoms with Gasteiger partial charge in [-0.05, 0) is 58.2 Å². The lowest BCUT2D eigenvalue weighted by molar-refractivity contribution is 0.538. The summed E-state index contributed by atoms with van der Waals surface area (Å²) in [4.78, 5) is 0. The summed E-state index contributed by atoms with van der Waals surface area (Å²) in [7, 11) is 0. The highest BCUT2D eigenvalue weighted by Gasteiger charge is 2.20. The van der Waals surface area contributed by atoms with Gasteiger partial charge in [-0.1, -0.05) is 6.07 Å². The number of aryl methyl sites for hydroxylation is 1. The van der Waals surface area contributed by atoms with Crippen LogP contribution in [0.2, 0.25) is 0 Å². The molecule has 0 aliphatic heterocycles. The van der Waals surface area contributed by atoms with Crippen LogP contribution in [0.15, 0.2) is 23.6 Å². The van der Waals surface area contributed by atoms with Crippen molar-refractivity contribution in [3.8, 4) is 0 Å². The Labute approximate surface area is 116 Å². The Morgan fingerprint density at radius 2 is 2.06 bits per heavy atom. The van der Waals surface area contributed by atoms with Crippen molar-refractivity contribution in [3.63, 3.8) is 0 Å². The van der Waals surface area contributed by atoms with Gasteiger partial charge in [-0.15, -0.1) is 11.3 Å². The van der Waals surface area contributed by atoms with Crippen LogP contribution in [0.4, 0.5) is 8.78 Å². The average molecular weight is 365 g/mol. The van der Waals surface area contributed by atoms with Crippen LogP contribution in [0, 0.1) is 21.4 Å². The van der Waals surface area contributed by atoms with Gasteiger partial charge >= 0.3 is 0 Å². The van der Waals surface area contributed by atoms with Gasteiger partial charge in [0.25, 0.3) is 0 Å². The van der Waals surface area contributed by atoms with Gasteiger partial charge in [0.2, 0.25) is 0 Å². The summed E-state index contributed by atoms with van der Waals surface area (Å²) in [5.74, 6) is -1.15. The molecule has 1 aromatic carbocycles. The van der Waals surface area contributed by atoms with Crippen molar-refractivity contribution in [1.29, 1.82) is 0 Å². The number of thiophene rings is 1. The molecule has 0 spiro atoms. The van der Waals surface area contributed by atoms with Crippen LogP contribution in [0.3, 0.4) is 0 Å². The maximum atomic E-state index is 13.9. The van der Waals surface area contributed by atoms with E-state index in [9.17, 15) is 8.78 Å². The van der Waals surface area contributed by atoms with Crippen molar-refractivity contribution >= 4 is 33.9 Å². The lowest BCUT2D eigenvalue weighted by Crippen LogP contribution is -2.15. The van der Waals surface area contributed by atoms with Crippen LogP contribution in [0.1, 0.15) is 22.7 Å². The molecular weight excluding hydrogens is 355 g/mol. The van der Waals surface area contributed by atoms with Crippen molar-refractivity contribution in [2.24, 2.45) is 5.73 Å². The minimum atomic E-state index is -0.755. The normalized spacial score (nSPS) is 12.8. The Kier molecular flexibility index (Phi) is 3.79. The lowest BCUT2D eigenvalue weighted by atomic mass is 9.99. The molecule has 0 radical (unpaired) electrons. The van der Waals surface area contributed by atoms with Crippen molar-refractivity contribution in [2.75, 3.05) is 0 Å². The van der Waals surface area contributed by atoms with Crippen molar-refractivity contribution in [1.82, 2.24) is 0 Å². The number of nitrogens with two attached hydrogens (primary N) is 1. The predicted octanol–water partition coefficient (Wildman–Crippen LogP) is 3.99. The highest BCUT2D eigenvalue weighted by molar-refractivity contribution is 14.1. The second kappa shape index (κ2) is 4.99. The zero-order chi connectivity index (χ0) is 12.6. The molecule has 0 bridgehead atoms. The third kappa shape index (κ3) is 2.51. The second-order valence-corrected chi connectivity index (χ2v) is 6.56. The summed E-state index contributed by atoms with van der Waals surface area (Å²) >= 11 is 3.66. The van der Waals surface area contributed by atoms with Crippen LogP contribution in [0.5, 0.6) is 0 Å². The Bertz CT molecular complexity index is 553. The number of rotatable bonds is 2. The molecule has 0 aliphatic rings. The number of hydrogen-bond donors (Lipinski definition) is 1. The summed E-state index contributed by atoms with van der Waals surface area (Å²) < 4.78 is 28.6. The molecule has 1 heterocycles. The molecule has 0 saturated carbocycles. The quantitative estimate of drug-likeness (QED) is 0.801. The Hall–Kier alpha value is -0.530. The van der Waals surface area contributed by atoms with E-state index in [1.165, 1.54) is 23.5 Å². The molecule has 1 atom stereocenters. The second-order valence-electron chi connectivity index (χ2n) is 3.75. The van der Waals surface area contributed by atoms with Crippen LogP contribution >= 0.6 is 33.9 Å². The molecular formula is C12H10F2INS. The van der Waals surface area contributed by atoms with Gasteiger partial charge in [-0.3, -0.25) is 0 Å². The molecule has 1 aromatic heterocycles. The molecule has 90 valence electrons. The fourth-order valence-electron chi connectivity index (χ4n) is 1.62. The largest absolute Gasteiger partial charge is 0.320 e. The van der Waals surface area contributed by atoms with E-state index in [1.807, 2.05) is 11.4 Å². The molecule has 17 heavy (non-hydrogen) atoms. The molecule has 0 amide bonds. The Morgan fingerprint density at radius 1 is 1.35 bits per heavy atom. The summed E-state index contributed by atoms with van der Waals surface area (Å²) in [6.07, 6.45) is 0. The van der Waals surface area contributed by atoms with Gasteiger partial charge in [0.15, 0.2) is 0 Å². The van der Waals surface area contributed by atoms with Gasteiger partial charge in [-0.2, -0.15) is 0 Å². The van der Waals surface area contributed by atoms with E-state index in [0.717, 1.165) is 8.45 Å². The van der Waals surface area contributed by atoms with Crippen LogP contribution < -0.4 is 5.73 Å². The first kappa shape index (κ1) is 12.9. The fourth-order valence-corrected chi connectivity index (χ4v) is 3.03. The van der Waals surface area contributed by atoms with Gasteiger partial charge in [0, 0.05) is 5.56 Å². The molecule has 1 unspecified atom stereocenters. The maximum Gasteiger partial charge on any atom is 0.134 e. The summed E-state index contributed by atoms with van der Waals surface area (Å²) in [5, 5.41) is 1.83. The molecule has 1 nitrogen and oxygen atoms in total. The van der Waals surface area contributed by atoms with Gasteiger partial charge in [0.1, 0.15) is 11.6 Å². The minimum Gasteiger partial charge on any atom is -0.320 e. The topological polar surface area (TPSA) is 26.0 Å². The third-order valence-electron chi connectivity index (χ3n) is 2.58. The minimum absolute atomic E-state index is 0.0563. The maximum absolute atomic E-state index is 13.9. The SMILES string of the molecule is Cc1ccc(F)c(C(N)c2csc(I)c2)c1F. The first-order chi connectivity index (χ1) is 8.00. The molecule has 2 aromatic rings. The van der Waals surface area contributed by atoms with Crippen molar-refractivity contribution < 1.29 is 8.78 Å². The smallest absolute Gasteiger partial charge is 0.134 e. The molecule has 5 heteroatoms. The van der Waals surface area contributed by atoms with Gasteiger partial charge < -0.3 is 5.73 Å². The van der Waals surface area contributed by atoms with E-state index >= 15 is 0 Å². The predicted molar refractivity (Wildman–Crippen MR) is 74.2 cm³/mol. The first-order valence-corrected chi connectivity index (χ1v) is 6.90. The first-order valence-electron chi connectivity index (χ1n) is 4.94. The Morgan fingerprint density at radius 3 is 2.65 bits per heavy atom. The van der Waals surface area contributed by atoms with Crippen LogP contribution in [-0.4, -0.2) is 0 Å². The Balaban J connectivity index is 2.50. The molecule has 2 N–H and O–H groups in total. The van der Waals surface area contributed by atoms with E-state index in [-0.39, 0.29) is 5.56 Å². The molecule has 0 saturated heterocycles. The summed E-state index contributed by atoms with van der Waals surface area (Å²) in [5.41, 5.74) is 7.01. The van der Waals surface area contributed by atoms with Crippen LogP contribution in [0.25, 0.3) is 0 Å². The zero-order valence-electron chi connectivity index (χ0n) is 9.01. The standard InChI is InChI=1S/C12H10F2INS/c1-6-2-3-8(13)10(11(6)14)12(16)7-4-9(15)17-5-7/h2-5,12H,16H2,1H3. The lowest BCUT2D eigenvalue weighted by Gasteiger charge is -2.14. The number of halogens is 3. The van der Waals surface area contributed by atoms with E-state index in [2.05, 4.69) is 22.6 Å². The molecule has 0 fully saturated rings. The monoisotopic (exact) mass is 365 g/mol. The highest BCUT2D eigenvalue weighted by Crippen LogP contribution is 2.29. The summed E-state index contributed by atoms with van der Waals surface area (Å²) in [6.45, 7) is 1.60. The van der Waals surface area contributed by atoms with Gasteiger partial charge in [-0.25, -0.2) is 8.78 Å². The van der Waals surface area contributed by atoms with E-state index < -0.39 is 17.7 Å². The van der Waals surface area contributed by atoms with E-state index in [1.54, 1.807) is 6.92 Å². The van der Waals surface area contributed by atoms with Gasteiger partial charge in [0.05, 0.1) is 8.93 Å². The number of hydrogen-bond acceptors (Lipinski definition) is 2. The van der Waals surface area contributed by atoms with Crippen LogP contribution in [-0.2, 0) is 0 Å². The summed E-state index contributed by atoms with van der Waals surface area (Å²) in [6, 6.07) is 3.76. The molecule has 0 aliphatic carbocycles. The average Bonchev–Trinajstić information content (AvgIpc) is 2.71. The fraction of sp³-hybridized carbons (Fsp3) is 0.167.